The number of hydrogen-bond acceptors (Lipinski definition) is 21. The zero-order valence-electron chi connectivity index (χ0n) is 55.6. The maximum Gasteiger partial charge on any atom is 0.327 e. The van der Waals surface area contributed by atoms with Crippen LogP contribution in [-0.4, -0.2) is 230 Å². The molecule has 0 spiro atoms. The quantitative estimate of drug-likeness (QED) is 0.0430. The highest BCUT2D eigenvalue weighted by Gasteiger charge is 2.46. The number of carboxylic acids is 1. The van der Waals surface area contributed by atoms with Crippen LogP contribution in [0.1, 0.15) is 95.4 Å². The van der Waals surface area contributed by atoms with Gasteiger partial charge in [-0.15, -0.1) is 0 Å². The fourth-order valence-electron chi connectivity index (χ4n) is 11.5. The molecule has 13 amide bonds. The summed E-state index contributed by atoms with van der Waals surface area (Å²) in [6, 6.07) is 1.13. The summed E-state index contributed by atoms with van der Waals surface area (Å²) in [6.07, 6.45) is 1.77. The predicted molar refractivity (Wildman–Crippen MR) is 372 cm³/mol. The first-order valence-electron chi connectivity index (χ1n) is 32.9. The van der Waals surface area contributed by atoms with Gasteiger partial charge in [-0.05, 0) is 68.0 Å². The van der Waals surface area contributed by atoms with E-state index in [1.807, 2.05) is 0 Å². The normalized spacial score (nSPS) is 25.7. The lowest BCUT2D eigenvalue weighted by Gasteiger charge is -2.32. The van der Waals surface area contributed by atoms with E-state index in [2.05, 4.69) is 73.8 Å². The second-order valence-electron chi connectivity index (χ2n) is 25.2. The minimum absolute atomic E-state index is 0.000766. The zero-order chi connectivity index (χ0) is 72.6. The molecular weight excluding hydrogens is 1380 g/mol. The van der Waals surface area contributed by atoms with E-state index in [4.69, 9.17) is 5.73 Å². The van der Waals surface area contributed by atoms with Crippen LogP contribution in [0.2, 0.25) is 0 Å². The minimum atomic E-state index is -1.71. The van der Waals surface area contributed by atoms with Gasteiger partial charge in [-0.3, -0.25) is 62.3 Å². The Morgan fingerprint density at radius 3 is 1.89 bits per heavy atom. The van der Waals surface area contributed by atoms with E-state index in [1.54, 1.807) is 88.4 Å². The molecule has 0 saturated carbocycles. The Labute approximate surface area is 593 Å². The van der Waals surface area contributed by atoms with Gasteiger partial charge in [0.2, 0.25) is 76.8 Å². The molecule has 4 aliphatic rings. The molecule has 1 aromatic heterocycles. The van der Waals surface area contributed by atoms with Gasteiger partial charge in [0, 0.05) is 60.2 Å². The highest BCUT2D eigenvalue weighted by atomic mass is 33.1. The van der Waals surface area contributed by atoms with Crippen LogP contribution in [-0.2, 0) is 73.5 Å². The number of aliphatic hydroxyl groups is 1. The number of carbonyl (C=O) groups excluding carboxylic acids is 13. The number of nitrogens with two attached hydrogens (primary N) is 1. The summed E-state index contributed by atoms with van der Waals surface area (Å²) in [6.45, 7) is 5.30. The van der Waals surface area contributed by atoms with Gasteiger partial charge in [-0.1, -0.05) is 132 Å². The zero-order valence-corrected chi connectivity index (χ0v) is 58.9. The van der Waals surface area contributed by atoms with Crippen molar-refractivity contribution in [1.82, 2.24) is 78.7 Å². The maximum atomic E-state index is 15.2. The highest BCUT2D eigenvalue weighted by molar-refractivity contribution is 8.77. The van der Waals surface area contributed by atoms with Crippen LogP contribution >= 0.6 is 43.2 Å². The summed E-state index contributed by atoms with van der Waals surface area (Å²) in [4.78, 5) is 207. The number of H-pyrrole nitrogens is 1. The number of aromatic nitrogens is 2. The lowest BCUT2D eigenvalue weighted by atomic mass is 9.84. The molecule has 4 saturated heterocycles. The average molecular weight is 1470 g/mol. The largest absolute Gasteiger partial charge is 0.480 e. The van der Waals surface area contributed by atoms with Gasteiger partial charge < -0.3 is 89.6 Å². The van der Waals surface area contributed by atoms with E-state index >= 15 is 9.59 Å². The summed E-state index contributed by atoms with van der Waals surface area (Å²) in [5.74, 6) is -16.1. The number of rotatable bonds is 19. The van der Waals surface area contributed by atoms with Gasteiger partial charge in [-0.2, -0.15) is 0 Å². The van der Waals surface area contributed by atoms with Gasteiger partial charge >= 0.3 is 5.97 Å². The fourth-order valence-corrected chi connectivity index (χ4v) is 16.1. The highest BCUT2D eigenvalue weighted by Crippen LogP contribution is 2.30. The topological polar surface area (TPSA) is 482 Å². The lowest BCUT2D eigenvalue weighted by molar-refractivity contribution is -0.146. The molecule has 544 valence electrons. The summed E-state index contributed by atoms with van der Waals surface area (Å²) in [7, 11) is 3.53. The van der Waals surface area contributed by atoms with Crippen LogP contribution in [0.25, 0.3) is 0 Å². The number of hydrogen-bond donors (Lipinski definition) is 16. The molecule has 32 nitrogen and oxygen atoms in total. The number of benzene rings is 2. The molecule has 12 atom stereocenters. The Morgan fingerprint density at radius 2 is 1.28 bits per heavy atom. The number of carboxylic acid groups (broad SMARTS) is 1. The van der Waals surface area contributed by atoms with Crippen molar-refractivity contribution in [2.45, 2.75) is 158 Å². The Kier molecular flexibility index (Phi) is 30.7. The average Bonchev–Trinajstić information content (AvgIpc) is 1.46. The molecule has 0 unspecified atom stereocenters. The number of nitrogens with one attached hydrogen (secondary N) is 13. The molecule has 4 aliphatic heterocycles. The number of imidazole rings is 1. The van der Waals surface area contributed by atoms with E-state index in [1.165, 1.54) is 12.5 Å². The van der Waals surface area contributed by atoms with Gasteiger partial charge in [0.25, 0.3) is 0 Å². The Balaban J connectivity index is 1.30. The smallest absolute Gasteiger partial charge is 0.327 e. The number of aromatic amines is 1. The van der Waals surface area contributed by atoms with Gasteiger partial charge in [0.15, 0.2) is 0 Å². The molecule has 4 fully saturated rings. The summed E-state index contributed by atoms with van der Waals surface area (Å²) < 4.78 is 0. The molecule has 17 N–H and O–H groups in total. The van der Waals surface area contributed by atoms with E-state index in [-0.39, 0.29) is 80.7 Å². The van der Waals surface area contributed by atoms with Crippen molar-refractivity contribution in [3.05, 3.63) is 90.0 Å². The fraction of sp³-hybridized carbons (Fsp3) is 0.547. The van der Waals surface area contributed by atoms with Crippen LogP contribution in [0.5, 0.6) is 0 Å². The molecule has 2 bridgehead atoms. The van der Waals surface area contributed by atoms with Crippen molar-refractivity contribution in [1.29, 1.82) is 0 Å². The number of carbonyl (C=O) groups is 14. The Hall–Kier alpha value is -8.45. The number of fused-ring (bicyclic) bond motifs is 6. The molecule has 2 aromatic carbocycles. The van der Waals surface area contributed by atoms with E-state index in [0.29, 0.717) is 29.7 Å². The van der Waals surface area contributed by atoms with Crippen LogP contribution in [0.3, 0.4) is 0 Å². The molecule has 5 heterocycles. The third-order valence-electron chi connectivity index (χ3n) is 16.7. The molecule has 100 heavy (non-hydrogen) atoms. The van der Waals surface area contributed by atoms with Gasteiger partial charge in [-0.25, -0.2) is 9.78 Å². The van der Waals surface area contributed by atoms with Crippen molar-refractivity contribution in [2.75, 3.05) is 49.2 Å². The third kappa shape index (κ3) is 23.3. The number of nitrogens with zero attached hydrogens (tertiary/aromatic N) is 2. The molecule has 3 aromatic rings. The van der Waals surface area contributed by atoms with Crippen molar-refractivity contribution in [2.24, 2.45) is 17.6 Å². The summed E-state index contributed by atoms with van der Waals surface area (Å²) >= 11 is 0. The Morgan fingerprint density at radius 1 is 0.660 bits per heavy atom. The minimum Gasteiger partial charge on any atom is -0.480 e. The lowest BCUT2D eigenvalue weighted by Crippen LogP contribution is -2.61. The standard InChI is InChI=1S/C64H88N16O16S4/c1-33(2)23-40-57(88)75-43-29-98-97-28-42(55(86)68-27-49(84)79-52(61(92)71-38(56(87)72-40)17-11-12-21-65)50(35-13-7-5-8-14-35)36-15-9-6-10-16-36)74-59(90)44(76-60(91)51(34(3)4)78-48(83)26-67-54(85)39-18-19-47(82)70-39)30-99-100-31-45(64(95)96)77-62(93)53-46(81)20-22-80(53)63(94)41(73-58(43)89)24-37-25-66-32-69-37/h5-10,13-16,25,32-34,38-46,50-53,81H,11-12,17-24,26-31,65H2,1-4H3,(H,66,69)(H,67,85)(H,68,86)(H,70,82)(H,71,92)(H,72,87)(H,73,89)(H,74,90)(H,75,88)(H,76,91)(H,77,93)(H,78,83)(H,79,84)(H,95,96)/t38-,39-,40-,41-,42-,43-,44-,45-,46-,51-,52-,53-/m0/s1. The second-order valence-corrected chi connectivity index (χ2v) is 30.3. The van der Waals surface area contributed by atoms with Crippen molar-refractivity contribution >= 4 is 126 Å². The van der Waals surface area contributed by atoms with E-state index in [9.17, 15) is 67.7 Å². The van der Waals surface area contributed by atoms with Gasteiger partial charge in [0.1, 0.15) is 66.5 Å². The van der Waals surface area contributed by atoms with Crippen LogP contribution in [0.4, 0.5) is 0 Å². The monoisotopic (exact) mass is 1460 g/mol. The third-order valence-corrected chi connectivity index (χ3v) is 21.6. The van der Waals surface area contributed by atoms with Crippen molar-refractivity contribution in [3.63, 3.8) is 0 Å². The summed E-state index contributed by atoms with van der Waals surface area (Å²) in [5.41, 5.74) is 7.37. The van der Waals surface area contributed by atoms with Crippen LogP contribution in [0.15, 0.2) is 73.2 Å². The van der Waals surface area contributed by atoms with Crippen molar-refractivity contribution in [3.8, 4) is 0 Å². The molecule has 36 heteroatoms. The first kappa shape index (κ1) is 78.9. The molecule has 0 aliphatic carbocycles. The van der Waals surface area contributed by atoms with Crippen LogP contribution < -0.4 is 69.5 Å². The van der Waals surface area contributed by atoms with E-state index < -0.39 is 180 Å². The van der Waals surface area contributed by atoms with Crippen molar-refractivity contribution < 1.29 is 77.3 Å². The number of aliphatic hydroxyl groups excluding tert-OH is 1. The first-order valence-corrected chi connectivity index (χ1v) is 37.8. The number of amides is 13. The van der Waals surface area contributed by atoms with Crippen LogP contribution in [0, 0.1) is 11.8 Å². The number of unbranched alkanes of at least 4 members (excludes halogenated alkanes) is 1. The summed E-state index contributed by atoms with van der Waals surface area (Å²) in [5, 5.41) is 53.4. The second kappa shape index (κ2) is 38.9. The molecular formula is C64H88N16O16S4. The molecule has 7 rings (SSSR count). The Bertz CT molecular complexity index is 3340. The van der Waals surface area contributed by atoms with Gasteiger partial charge in [0.05, 0.1) is 25.5 Å². The maximum absolute atomic E-state index is 15.2. The molecule has 0 radical (unpaired) electrons. The number of aliphatic carboxylic acids is 1. The predicted octanol–water partition coefficient (Wildman–Crippen LogP) is -2.67. The van der Waals surface area contributed by atoms with E-state index in [0.717, 1.165) is 48.1 Å². The SMILES string of the molecule is CC(C)C[C@@H]1NC(=O)[C@H](CCCCN)NC(=O)[C@H](C(c2ccccc2)c2ccccc2)NC(=O)CNC(=O)[C@@H]2CSSC[C@H](NC1=O)C(=O)N[C@@H](Cc1cnc[nH]1)C(=O)N1CC[C@H](O)[C@H]1C(=O)N[C@H](C(=O)O)CSSC[C@H](NC(=O)[C@@H](NC(=O)CNC(=O)[C@@H]1CCC(=O)N1)C(C)C)C(=O)N2. The first-order chi connectivity index (χ1) is 47.8.